The van der Waals surface area contributed by atoms with Gasteiger partial charge in [-0.1, -0.05) is 29.8 Å². The molecule has 0 radical (unpaired) electrons. The van der Waals surface area contributed by atoms with Gasteiger partial charge < -0.3 is 15.2 Å². The predicted molar refractivity (Wildman–Crippen MR) is 116 cm³/mol. The van der Waals surface area contributed by atoms with Gasteiger partial charge in [-0.2, -0.15) is 4.31 Å². The highest BCUT2D eigenvalue weighted by molar-refractivity contribution is 9.10. The van der Waals surface area contributed by atoms with Crippen LogP contribution < -0.4 is 5.32 Å². The minimum atomic E-state index is -3.82. The van der Waals surface area contributed by atoms with Crippen molar-refractivity contribution < 1.29 is 27.9 Å². The summed E-state index contributed by atoms with van der Waals surface area (Å²) in [6, 6.07) is 8.57. The van der Waals surface area contributed by atoms with Crippen LogP contribution in [0, 0.1) is 6.92 Å². The molecule has 0 saturated heterocycles. The summed E-state index contributed by atoms with van der Waals surface area (Å²) in [6.07, 6.45) is 0. The Hall–Kier alpha value is -2.43. The van der Waals surface area contributed by atoms with Crippen molar-refractivity contribution in [3.05, 3.63) is 52.0 Å². The number of hydrogen-bond donors (Lipinski definition) is 2. The molecule has 0 fully saturated rings. The van der Waals surface area contributed by atoms with Gasteiger partial charge in [-0.25, -0.2) is 13.2 Å². The molecule has 2 aromatic carbocycles. The zero-order valence-corrected chi connectivity index (χ0v) is 19.2. The number of anilines is 1. The molecular formula is C20H23BrN2O6S. The number of ether oxygens (including phenoxy) is 1. The van der Waals surface area contributed by atoms with Gasteiger partial charge in [0.25, 0.3) is 5.91 Å². The van der Waals surface area contributed by atoms with Crippen molar-refractivity contribution in [2.24, 2.45) is 0 Å². The molecule has 0 saturated carbocycles. The zero-order chi connectivity index (χ0) is 22.5. The smallest absolute Gasteiger partial charge is 0.342 e. The van der Waals surface area contributed by atoms with Gasteiger partial charge in [0, 0.05) is 23.2 Å². The molecule has 0 atom stereocenters. The number of phenols is 1. The van der Waals surface area contributed by atoms with E-state index in [-0.39, 0.29) is 23.5 Å². The summed E-state index contributed by atoms with van der Waals surface area (Å²) in [5, 5.41) is 12.6. The van der Waals surface area contributed by atoms with Gasteiger partial charge in [0.1, 0.15) is 11.3 Å². The van der Waals surface area contributed by atoms with Crippen LogP contribution >= 0.6 is 15.9 Å². The van der Waals surface area contributed by atoms with Crippen LogP contribution in [0.5, 0.6) is 5.75 Å². The Morgan fingerprint density at radius 1 is 1.13 bits per heavy atom. The van der Waals surface area contributed by atoms with Crippen LogP contribution in [0.4, 0.5) is 5.69 Å². The average molecular weight is 499 g/mol. The lowest BCUT2D eigenvalue weighted by molar-refractivity contribution is -0.119. The number of carbonyl (C=O) groups excluding carboxylic acids is 2. The van der Waals surface area contributed by atoms with Crippen molar-refractivity contribution in [2.45, 2.75) is 25.7 Å². The van der Waals surface area contributed by atoms with Crippen molar-refractivity contribution >= 4 is 43.5 Å². The van der Waals surface area contributed by atoms with E-state index in [2.05, 4.69) is 21.2 Å². The number of carbonyl (C=O) groups is 2. The van der Waals surface area contributed by atoms with Crippen LogP contribution in [-0.4, -0.2) is 49.4 Å². The fourth-order valence-electron chi connectivity index (χ4n) is 2.68. The van der Waals surface area contributed by atoms with Crippen molar-refractivity contribution in [3.8, 4) is 5.75 Å². The second-order valence-corrected chi connectivity index (χ2v) is 9.15. The fourth-order valence-corrected chi connectivity index (χ4v) is 4.41. The largest absolute Gasteiger partial charge is 0.507 e. The Morgan fingerprint density at radius 3 is 2.40 bits per heavy atom. The number of halogens is 1. The first-order valence-electron chi connectivity index (χ1n) is 9.16. The Morgan fingerprint density at radius 2 is 1.80 bits per heavy atom. The fraction of sp³-hybridized carbons (Fsp3) is 0.300. The Bertz CT molecular complexity index is 1050. The summed E-state index contributed by atoms with van der Waals surface area (Å²) < 4.78 is 32.3. The SMILES string of the molecule is CCN(CC)S(=O)(=O)c1ccc(O)c(C(=O)OCC(=O)Nc2ccc(Br)c(C)c2)c1. The number of nitrogens with one attached hydrogen (secondary N) is 1. The second kappa shape index (κ2) is 10.1. The summed E-state index contributed by atoms with van der Waals surface area (Å²) in [5.74, 6) is -2.02. The highest BCUT2D eigenvalue weighted by Gasteiger charge is 2.25. The Balaban J connectivity index is 2.11. The molecule has 0 aliphatic carbocycles. The molecule has 8 nitrogen and oxygen atoms in total. The normalized spacial score (nSPS) is 11.4. The van der Waals surface area contributed by atoms with Crippen LogP contribution in [-0.2, 0) is 19.6 Å². The number of nitrogens with zero attached hydrogens (tertiary/aromatic N) is 1. The Labute approximate surface area is 184 Å². The number of hydrogen-bond acceptors (Lipinski definition) is 6. The van der Waals surface area contributed by atoms with E-state index in [9.17, 15) is 23.1 Å². The summed E-state index contributed by atoms with van der Waals surface area (Å²) in [5.41, 5.74) is 1.11. The van der Waals surface area contributed by atoms with Gasteiger partial charge in [0.05, 0.1) is 4.90 Å². The molecule has 0 aromatic heterocycles. The van der Waals surface area contributed by atoms with Gasteiger partial charge in [-0.15, -0.1) is 0 Å². The number of rotatable bonds is 8. The van der Waals surface area contributed by atoms with Crippen LogP contribution in [0.25, 0.3) is 0 Å². The lowest BCUT2D eigenvalue weighted by Crippen LogP contribution is -2.30. The summed E-state index contributed by atoms with van der Waals surface area (Å²) in [7, 11) is -3.82. The molecule has 0 bridgehead atoms. The number of amides is 1. The molecule has 0 aliphatic heterocycles. The van der Waals surface area contributed by atoms with Crippen LogP contribution in [0.1, 0.15) is 29.8 Å². The molecule has 30 heavy (non-hydrogen) atoms. The van der Waals surface area contributed by atoms with Gasteiger partial charge in [-0.05, 0) is 48.9 Å². The predicted octanol–water partition coefficient (Wildman–Crippen LogP) is 3.29. The summed E-state index contributed by atoms with van der Waals surface area (Å²) in [4.78, 5) is 24.2. The molecule has 10 heteroatoms. The lowest BCUT2D eigenvalue weighted by Gasteiger charge is -2.19. The molecule has 2 aromatic rings. The first-order chi connectivity index (χ1) is 14.1. The highest BCUT2D eigenvalue weighted by atomic mass is 79.9. The number of benzene rings is 2. The number of esters is 1. The topological polar surface area (TPSA) is 113 Å². The van der Waals surface area contributed by atoms with Crippen LogP contribution in [0.15, 0.2) is 45.8 Å². The van der Waals surface area contributed by atoms with Gasteiger partial charge in [0.2, 0.25) is 10.0 Å². The second-order valence-electron chi connectivity index (χ2n) is 6.36. The van der Waals surface area contributed by atoms with Gasteiger partial charge in [0.15, 0.2) is 6.61 Å². The molecule has 1 amide bonds. The number of aryl methyl sites for hydroxylation is 1. The minimum Gasteiger partial charge on any atom is -0.507 e. The maximum Gasteiger partial charge on any atom is 0.342 e. The summed E-state index contributed by atoms with van der Waals surface area (Å²) in [6.45, 7) is 5.18. The number of aromatic hydroxyl groups is 1. The van der Waals surface area contributed by atoms with Crippen molar-refractivity contribution in [1.29, 1.82) is 0 Å². The monoisotopic (exact) mass is 498 g/mol. The van der Waals surface area contributed by atoms with E-state index in [0.717, 1.165) is 22.2 Å². The quantitative estimate of drug-likeness (QED) is 0.539. The zero-order valence-electron chi connectivity index (χ0n) is 16.8. The van der Waals surface area contributed by atoms with E-state index in [1.54, 1.807) is 32.0 Å². The third kappa shape index (κ3) is 5.59. The first kappa shape index (κ1) is 23.8. The molecule has 0 heterocycles. The van der Waals surface area contributed by atoms with Gasteiger partial charge >= 0.3 is 5.97 Å². The summed E-state index contributed by atoms with van der Waals surface area (Å²) >= 11 is 3.36. The molecule has 0 spiro atoms. The van der Waals surface area contributed by atoms with E-state index in [4.69, 9.17) is 4.74 Å². The first-order valence-corrected chi connectivity index (χ1v) is 11.4. The molecule has 0 aliphatic rings. The van der Waals surface area contributed by atoms with Crippen LogP contribution in [0.2, 0.25) is 0 Å². The van der Waals surface area contributed by atoms with Crippen molar-refractivity contribution in [2.75, 3.05) is 25.0 Å². The molecular weight excluding hydrogens is 476 g/mol. The minimum absolute atomic E-state index is 0.147. The Kier molecular flexibility index (Phi) is 7.99. The molecule has 162 valence electrons. The van der Waals surface area contributed by atoms with E-state index >= 15 is 0 Å². The van der Waals surface area contributed by atoms with Crippen molar-refractivity contribution in [3.63, 3.8) is 0 Å². The van der Waals surface area contributed by atoms with E-state index in [0.29, 0.717) is 5.69 Å². The maximum atomic E-state index is 12.6. The van der Waals surface area contributed by atoms with E-state index in [1.165, 1.54) is 10.4 Å². The molecule has 2 N–H and O–H groups in total. The van der Waals surface area contributed by atoms with Crippen molar-refractivity contribution in [1.82, 2.24) is 4.31 Å². The average Bonchev–Trinajstić information content (AvgIpc) is 2.70. The lowest BCUT2D eigenvalue weighted by atomic mass is 10.2. The molecule has 0 unspecified atom stereocenters. The van der Waals surface area contributed by atoms with Gasteiger partial charge in [-0.3, -0.25) is 4.79 Å². The van der Waals surface area contributed by atoms with Crippen LogP contribution in [0.3, 0.4) is 0 Å². The van der Waals surface area contributed by atoms with E-state index < -0.39 is 34.3 Å². The maximum absolute atomic E-state index is 12.6. The third-order valence-electron chi connectivity index (χ3n) is 4.31. The standard InChI is InChI=1S/C20H23BrN2O6S/c1-4-23(5-2)30(27,28)15-7-9-18(24)16(11-15)20(26)29-12-19(25)22-14-6-8-17(21)13(3)10-14/h6-11,24H,4-5,12H2,1-3H3,(H,22,25). The molecule has 2 rings (SSSR count). The van der Waals surface area contributed by atoms with E-state index in [1.807, 2.05) is 6.92 Å². The third-order valence-corrected chi connectivity index (χ3v) is 7.24. The number of sulfonamides is 1. The highest BCUT2D eigenvalue weighted by Crippen LogP contribution is 2.24. The number of phenolic OH excluding ortho intramolecular Hbond substituents is 1.